The van der Waals surface area contributed by atoms with Crippen molar-refractivity contribution < 1.29 is 18.1 Å². The molecule has 0 bridgehead atoms. The van der Waals surface area contributed by atoms with Crippen LogP contribution in [0.15, 0.2) is 47.6 Å². The predicted octanol–water partition coefficient (Wildman–Crippen LogP) is 3.32. The number of aromatic nitrogens is 2. The summed E-state index contributed by atoms with van der Waals surface area (Å²) in [6, 6.07) is 8.72. The molecule has 0 atom stereocenters. The van der Waals surface area contributed by atoms with Crippen molar-refractivity contribution in [1.82, 2.24) is 14.3 Å². The Hall–Kier alpha value is -3.31. The Bertz CT molecular complexity index is 1200. The van der Waals surface area contributed by atoms with Crippen LogP contribution < -0.4 is 10.1 Å². The van der Waals surface area contributed by atoms with Gasteiger partial charge in [0.25, 0.3) is 5.69 Å². The molecule has 1 aromatic heterocycles. The van der Waals surface area contributed by atoms with E-state index >= 15 is 0 Å². The molecule has 1 heterocycles. The Labute approximate surface area is 173 Å². The summed E-state index contributed by atoms with van der Waals surface area (Å²) in [4.78, 5) is 19.0. The van der Waals surface area contributed by atoms with Crippen molar-refractivity contribution in [2.45, 2.75) is 18.7 Å². The molecule has 0 fully saturated rings. The second-order valence-electron chi connectivity index (χ2n) is 6.26. The molecule has 30 heavy (non-hydrogen) atoms. The topological polar surface area (TPSA) is 128 Å². The van der Waals surface area contributed by atoms with E-state index in [1.165, 1.54) is 48.1 Å². The van der Waals surface area contributed by atoms with Crippen molar-refractivity contribution in [1.29, 1.82) is 0 Å². The van der Waals surface area contributed by atoms with Crippen LogP contribution in [0.5, 0.6) is 5.75 Å². The smallest absolute Gasteiger partial charge is 0.270 e. The number of sulfonamides is 1. The molecule has 0 aliphatic heterocycles. The zero-order valence-corrected chi connectivity index (χ0v) is 17.5. The largest absolute Gasteiger partial charge is 0.495 e. The fraction of sp³-hybridized carbons (Fsp3) is 0.263. The molecule has 0 spiro atoms. The third kappa shape index (κ3) is 4.02. The van der Waals surface area contributed by atoms with Gasteiger partial charge in [-0.3, -0.25) is 10.1 Å². The molecule has 10 nitrogen and oxygen atoms in total. The third-order valence-corrected chi connectivity index (χ3v) is 6.64. The van der Waals surface area contributed by atoms with Crippen LogP contribution in [0, 0.1) is 10.1 Å². The quantitative estimate of drug-likeness (QED) is 0.425. The average Bonchev–Trinajstić information content (AvgIpc) is 2.74. The van der Waals surface area contributed by atoms with Gasteiger partial charge >= 0.3 is 0 Å². The summed E-state index contributed by atoms with van der Waals surface area (Å²) in [5, 5.41) is 14.6. The molecular weight excluding hydrogens is 410 g/mol. The van der Waals surface area contributed by atoms with Crippen LogP contribution in [0.4, 0.5) is 17.2 Å². The zero-order chi connectivity index (χ0) is 21.9. The number of nitro benzene ring substituents is 1. The molecule has 0 aliphatic rings. The number of rotatable bonds is 8. The number of methoxy groups -OCH3 is 1. The maximum absolute atomic E-state index is 12.9. The van der Waals surface area contributed by atoms with Crippen molar-refractivity contribution in [2.24, 2.45) is 0 Å². The highest BCUT2D eigenvalue weighted by atomic mass is 32.2. The zero-order valence-electron chi connectivity index (χ0n) is 16.7. The second-order valence-corrected chi connectivity index (χ2v) is 8.20. The summed E-state index contributed by atoms with van der Waals surface area (Å²) in [6.07, 6.45) is 1.32. The molecule has 0 unspecified atom stereocenters. The highest BCUT2D eigenvalue weighted by Crippen LogP contribution is 2.33. The van der Waals surface area contributed by atoms with Crippen LogP contribution in [0.1, 0.15) is 13.8 Å². The van der Waals surface area contributed by atoms with Crippen molar-refractivity contribution in [3.05, 3.63) is 52.8 Å². The predicted molar refractivity (Wildman–Crippen MR) is 113 cm³/mol. The number of non-ortho nitro benzene ring substituents is 1. The van der Waals surface area contributed by atoms with E-state index in [1.807, 2.05) is 0 Å². The first kappa shape index (κ1) is 21.4. The fourth-order valence-electron chi connectivity index (χ4n) is 3.04. The first-order chi connectivity index (χ1) is 14.3. The lowest BCUT2D eigenvalue weighted by molar-refractivity contribution is -0.384. The fourth-order valence-corrected chi connectivity index (χ4v) is 4.53. The Morgan fingerprint density at radius 2 is 1.87 bits per heavy atom. The SMILES string of the molecule is CCN(CC)S(=O)(=O)c1ccc(OC)c(Nc2ncnc3ccc([N+](=O)[O-])cc23)c1. The summed E-state index contributed by atoms with van der Waals surface area (Å²) < 4.78 is 32.5. The molecule has 0 saturated heterocycles. The highest BCUT2D eigenvalue weighted by Gasteiger charge is 2.23. The van der Waals surface area contributed by atoms with Crippen molar-refractivity contribution in [3.8, 4) is 5.75 Å². The molecule has 11 heteroatoms. The minimum absolute atomic E-state index is 0.0962. The lowest BCUT2D eigenvalue weighted by Gasteiger charge is -2.20. The number of benzene rings is 2. The number of anilines is 2. The Balaban J connectivity index is 2.11. The molecule has 3 aromatic rings. The van der Waals surface area contributed by atoms with E-state index in [1.54, 1.807) is 19.9 Å². The van der Waals surface area contributed by atoms with Crippen LogP contribution in [0.25, 0.3) is 10.9 Å². The summed E-state index contributed by atoms with van der Waals surface area (Å²) in [5.41, 5.74) is 0.756. The van der Waals surface area contributed by atoms with Gasteiger partial charge in [-0.05, 0) is 24.3 Å². The summed E-state index contributed by atoms with van der Waals surface area (Å²) >= 11 is 0. The van der Waals surface area contributed by atoms with E-state index in [4.69, 9.17) is 4.74 Å². The standard InChI is InChI=1S/C19H21N5O5S/c1-4-23(5-2)30(27,28)14-7-9-18(29-3)17(11-14)22-19-15-10-13(24(25)26)6-8-16(15)20-12-21-19/h6-12H,4-5H2,1-3H3,(H,20,21,22). The first-order valence-corrected chi connectivity index (χ1v) is 10.6. The number of nitrogens with zero attached hydrogens (tertiary/aromatic N) is 4. The number of hydrogen-bond donors (Lipinski definition) is 1. The van der Waals surface area contributed by atoms with Gasteiger partial charge in [0.2, 0.25) is 10.0 Å². The summed E-state index contributed by atoms with van der Waals surface area (Å²) in [7, 11) is -2.23. The molecule has 1 N–H and O–H groups in total. The van der Waals surface area contributed by atoms with Gasteiger partial charge in [-0.1, -0.05) is 13.8 Å². The molecule has 2 aromatic carbocycles. The molecule has 0 aliphatic carbocycles. The number of nitro groups is 1. The Morgan fingerprint density at radius 3 is 2.50 bits per heavy atom. The number of fused-ring (bicyclic) bond motifs is 1. The van der Waals surface area contributed by atoms with E-state index in [-0.39, 0.29) is 10.6 Å². The molecule has 0 saturated carbocycles. The van der Waals surface area contributed by atoms with Crippen molar-refractivity contribution in [2.75, 3.05) is 25.5 Å². The van der Waals surface area contributed by atoms with Gasteiger partial charge in [0, 0.05) is 30.6 Å². The molecule has 3 rings (SSSR count). The van der Waals surface area contributed by atoms with Gasteiger partial charge in [0.15, 0.2) is 0 Å². The van der Waals surface area contributed by atoms with Crippen LogP contribution in [0.2, 0.25) is 0 Å². The Kier molecular flexibility index (Phi) is 6.13. The molecule has 0 amide bonds. The van der Waals surface area contributed by atoms with Gasteiger partial charge in [0.05, 0.1) is 28.1 Å². The number of nitrogens with one attached hydrogen (secondary N) is 1. The van der Waals surface area contributed by atoms with Gasteiger partial charge in [-0.15, -0.1) is 0 Å². The highest BCUT2D eigenvalue weighted by molar-refractivity contribution is 7.89. The van der Waals surface area contributed by atoms with E-state index < -0.39 is 14.9 Å². The second kappa shape index (κ2) is 8.59. The van der Waals surface area contributed by atoms with Crippen LogP contribution in [-0.4, -0.2) is 47.8 Å². The minimum Gasteiger partial charge on any atom is -0.495 e. The first-order valence-electron chi connectivity index (χ1n) is 9.16. The normalized spacial score (nSPS) is 11.6. The molecule has 158 valence electrons. The van der Waals surface area contributed by atoms with Crippen molar-refractivity contribution >= 4 is 38.1 Å². The van der Waals surface area contributed by atoms with Crippen LogP contribution in [0.3, 0.4) is 0 Å². The third-order valence-electron chi connectivity index (χ3n) is 4.60. The molecular formula is C19H21N5O5S. The number of hydrogen-bond acceptors (Lipinski definition) is 8. The lowest BCUT2D eigenvalue weighted by Crippen LogP contribution is -2.30. The lowest BCUT2D eigenvalue weighted by atomic mass is 10.2. The average molecular weight is 431 g/mol. The monoisotopic (exact) mass is 431 g/mol. The summed E-state index contributed by atoms with van der Waals surface area (Å²) in [6.45, 7) is 4.22. The van der Waals surface area contributed by atoms with Gasteiger partial charge in [0.1, 0.15) is 17.9 Å². The van der Waals surface area contributed by atoms with Gasteiger partial charge in [-0.2, -0.15) is 4.31 Å². The minimum atomic E-state index is -3.69. The van der Waals surface area contributed by atoms with E-state index in [0.717, 1.165) is 0 Å². The Morgan fingerprint density at radius 1 is 1.13 bits per heavy atom. The van der Waals surface area contributed by atoms with Gasteiger partial charge < -0.3 is 10.1 Å². The van der Waals surface area contributed by atoms with E-state index in [9.17, 15) is 18.5 Å². The maximum atomic E-state index is 12.9. The number of ether oxygens (including phenoxy) is 1. The van der Waals surface area contributed by atoms with E-state index in [0.29, 0.717) is 41.2 Å². The van der Waals surface area contributed by atoms with Crippen molar-refractivity contribution in [3.63, 3.8) is 0 Å². The van der Waals surface area contributed by atoms with E-state index in [2.05, 4.69) is 15.3 Å². The maximum Gasteiger partial charge on any atom is 0.270 e. The van der Waals surface area contributed by atoms with Crippen LogP contribution in [-0.2, 0) is 10.0 Å². The van der Waals surface area contributed by atoms with Crippen LogP contribution >= 0.6 is 0 Å². The summed E-state index contributed by atoms with van der Waals surface area (Å²) in [5.74, 6) is 0.685. The molecule has 0 radical (unpaired) electrons. The van der Waals surface area contributed by atoms with Gasteiger partial charge in [-0.25, -0.2) is 18.4 Å².